The van der Waals surface area contributed by atoms with Crippen LogP contribution in [0.5, 0.6) is 0 Å². The molecule has 4 nitrogen and oxygen atoms in total. The standard InChI is InChI=1S/C15H16FNO3S/c1-3-8(2)13(15(19)20)17-14(18)12-6-9-4-5-10(16)7-11(9)21-12/h4-8,13H,3H2,1-2H3,(H,17,18)(H,19,20). The van der Waals surface area contributed by atoms with E-state index in [1.807, 2.05) is 6.92 Å². The number of fused-ring (bicyclic) bond motifs is 1. The Balaban J connectivity index is 2.23. The molecule has 1 aromatic heterocycles. The zero-order chi connectivity index (χ0) is 15.6. The Morgan fingerprint density at radius 1 is 1.38 bits per heavy atom. The second kappa shape index (κ2) is 6.22. The lowest BCUT2D eigenvalue weighted by molar-refractivity contribution is -0.140. The highest BCUT2D eigenvalue weighted by Gasteiger charge is 2.26. The van der Waals surface area contributed by atoms with Gasteiger partial charge in [-0.25, -0.2) is 9.18 Å². The first kappa shape index (κ1) is 15.4. The third kappa shape index (κ3) is 3.39. The first-order valence-electron chi connectivity index (χ1n) is 6.65. The number of rotatable bonds is 5. The number of carboxylic acid groups (broad SMARTS) is 1. The average molecular weight is 309 g/mol. The normalized spacial score (nSPS) is 13.9. The number of hydrogen-bond acceptors (Lipinski definition) is 3. The molecule has 1 heterocycles. The van der Waals surface area contributed by atoms with Crippen molar-refractivity contribution in [3.8, 4) is 0 Å². The smallest absolute Gasteiger partial charge is 0.326 e. The summed E-state index contributed by atoms with van der Waals surface area (Å²) in [6, 6.07) is 5.01. The van der Waals surface area contributed by atoms with Gasteiger partial charge in [-0.15, -0.1) is 11.3 Å². The van der Waals surface area contributed by atoms with Crippen molar-refractivity contribution in [2.24, 2.45) is 5.92 Å². The molecule has 0 spiro atoms. The van der Waals surface area contributed by atoms with Crippen molar-refractivity contribution in [2.75, 3.05) is 0 Å². The Kier molecular flexibility index (Phi) is 4.57. The van der Waals surface area contributed by atoms with Gasteiger partial charge < -0.3 is 10.4 Å². The van der Waals surface area contributed by atoms with E-state index in [0.717, 1.165) is 16.7 Å². The molecule has 2 aromatic rings. The van der Waals surface area contributed by atoms with Gasteiger partial charge in [-0.3, -0.25) is 4.79 Å². The van der Waals surface area contributed by atoms with Crippen LogP contribution in [-0.4, -0.2) is 23.0 Å². The van der Waals surface area contributed by atoms with E-state index < -0.39 is 17.9 Å². The maximum atomic E-state index is 13.1. The molecule has 112 valence electrons. The van der Waals surface area contributed by atoms with E-state index in [1.165, 1.54) is 12.1 Å². The molecule has 0 fully saturated rings. The van der Waals surface area contributed by atoms with E-state index >= 15 is 0 Å². The molecule has 21 heavy (non-hydrogen) atoms. The number of halogens is 1. The van der Waals surface area contributed by atoms with Crippen molar-refractivity contribution in [2.45, 2.75) is 26.3 Å². The van der Waals surface area contributed by atoms with Crippen LogP contribution < -0.4 is 5.32 Å². The molecule has 2 atom stereocenters. The Bertz CT molecular complexity index is 683. The second-order valence-electron chi connectivity index (χ2n) is 4.97. The van der Waals surface area contributed by atoms with Gasteiger partial charge in [0.1, 0.15) is 11.9 Å². The van der Waals surface area contributed by atoms with Crippen molar-refractivity contribution >= 4 is 33.3 Å². The first-order chi connectivity index (χ1) is 9.92. The fourth-order valence-electron chi connectivity index (χ4n) is 2.01. The number of carbonyl (C=O) groups is 2. The molecular formula is C15H16FNO3S. The molecule has 0 aliphatic rings. The lowest BCUT2D eigenvalue weighted by Crippen LogP contribution is -2.44. The zero-order valence-corrected chi connectivity index (χ0v) is 12.5. The Morgan fingerprint density at radius 3 is 2.71 bits per heavy atom. The van der Waals surface area contributed by atoms with Gasteiger partial charge in [0.2, 0.25) is 0 Å². The minimum atomic E-state index is -1.05. The SMILES string of the molecule is CCC(C)C(NC(=O)c1cc2ccc(F)cc2s1)C(=O)O. The number of hydrogen-bond donors (Lipinski definition) is 2. The second-order valence-corrected chi connectivity index (χ2v) is 6.05. The molecule has 6 heteroatoms. The van der Waals surface area contributed by atoms with Crippen LogP contribution in [0.15, 0.2) is 24.3 Å². The summed E-state index contributed by atoms with van der Waals surface area (Å²) in [5.74, 6) is -2.02. The molecule has 0 radical (unpaired) electrons. The van der Waals surface area contributed by atoms with Crippen LogP contribution in [0.25, 0.3) is 10.1 Å². The Labute approximate surface area is 125 Å². The van der Waals surface area contributed by atoms with E-state index in [1.54, 1.807) is 19.1 Å². The number of carbonyl (C=O) groups excluding carboxylic acids is 1. The van der Waals surface area contributed by atoms with Crippen LogP contribution in [0.1, 0.15) is 29.9 Å². The van der Waals surface area contributed by atoms with Crippen LogP contribution in [0.2, 0.25) is 0 Å². The zero-order valence-electron chi connectivity index (χ0n) is 11.7. The summed E-state index contributed by atoms with van der Waals surface area (Å²) in [5, 5.41) is 12.5. The predicted molar refractivity (Wildman–Crippen MR) is 80.1 cm³/mol. The van der Waals surface area contributed by atoms with E-state index in [2.05, 4.69) is 5.32 Å². The van der Waals surface area contributed by atoms with Gasteiger partial charge in [0.15, 0.2) is 0 Å². The molecule has 2 rings (SSSR count). The molecule has 1 amide bonds. The lowest BCUT2D eigenvalue weighted by Gasteiger charge is -2.19. The summed E-state index contributed by atoms with van der Waals surface area (Å²) in [4.78, 5) is 23.8. The number of thiophene rings is 1. The third-order valence-corrected chi connectivity index (χ3v) is 4.57. The number of amides is 1. The summed E-state index contributed by atoms with van der Waals surface area (Å²) in [6.45, 7) is 3.65. The summed E-state index contributed by atoms with van der Waals surface area (Å²) < 4.78 is 13.8. The number of benzene rings is 1. The van der Waals surface area contributed by atoms with E-state index in [4.69, 9.17) is 0 Å². The van der Waals surface area contributed by atoms with Crippen molar-refractivity contribution < 1.29 is 19.1 Å². The summed E-state index contributed by atoms with van der Waals surface area (Å²) in [5.41, 5.74) is 0. The molecule has 0 bridgehead atoms. The maximum absolute atomic E-state index is 13.1. The summed E-state index contributed by atoms with van der Waals surface area (Å²) in [7, 11) is 0. The fourth-order valence-corrected chi connectivity index (χ4v) is 3.00. The molecule has 0 aliphatic carbocycles. The van der Waals surface area contributed by atoms with Gasteiger partial charge in [-0.1, -0.05) is 26.3 Å². The van der Waals surface area contributed by atoms with Crippen molar-refractivity contribution in [1.82, 2.24) is 5.32 Å². The van der Waals surface area contributed by atoms with Crippen LogP contribution in [0, 0.1) is 11.7 Å². The van der Waals surface area contributed by atoms with Crippen molar-refractivity contribution in [3.63, 3.8) is 0 Å². The molecule has 2 N–H and O–H groups in total. The van der Waals surface area contributed by atoms with Gasteiger partial charge in [-0.05, 0) is 29.5 Å². The van der Waals surface area contributed by atoms with Crippen LogP contribution in [-0.2, 0) is 4.79 Å². The van der Waals surface area contributed by atoms with E-state index in [0.29, 0.717) is 16.0 Å². The monoisotopic (exact) mass is 309 g/mol. The first-order valence-corrected chi connectivity index (χ1v) is 7.46. The quantitative estimate of drug-likeness (QED) is 0.891. The van der Waals surface area contributed by atoms with Gasteiger partial charge in [0.25, 0.3) is 5.91 Å². The predicted octanol–water partition coefficient (Wildman–Crippen LogP) is 3.27. The molecule has 0 saturated carbocycles. The van der Waals surface area contributed by atoms with Gasteiger partial charge in [0, 0.05) is 4.70 Å². The minimum Gasteiger partial charge on any atom is -0.480 e. The largest absolute Gasteiger partial charge is 0.480 e. The average Bonchev–Trinajstić information content (AvgIpc) is 2.86. The number of aliphatic carboxylic acids is 1. The Morgan fingerprint density at radius 2 is 2.10 bits per heavy atom. The maximum Gasteiger partial charge on any atom is 0.326 e. The topological polar surface area (TPSA) is 66.4 Å². The van der Waals surface area contributed by atoms with Crippen LogP contribution >= 0.6 is 11.3 Å². The van der Waals surface area contributed by atoms with Gasteiger partial charge in [-0.2, -0.15) is 0 Å². The van der Waals surface area contributed by atoms with Crippen molar-refractivity contribution in [1.29, 1.82) is 0 Å². The third-order valence-electron chi connectivity index (χ3n) is 3.47. The van der Waals surface area contributed by atoms with Crippen LogP contribution in [0.4, 0.5) is 4.39 Å². The highest BCUT2D eigenvalue weighted by Crippen LogP contribution is 2.26. The molecule has 0 saturated heterocycles. The van der Waals surface area contributed by atoms with E-state index in [-0.39, 0.29) is 11.7 Å². The highest BCUT2D eigenvalue weighted by molar-refractivity contribution is 7.20. The van der Waals surface area contributed by atoms with Crippen LogP contribution in [0.3, 0.4) is 0 Å². The molecular weight excluding hydrogens is 293 g/mol. The van der Waals surface area contributed by atoms with Crippen molar-refractivity contribution in [3.05, 3.63) is 35.0 Å². The minimum absolute atomic E-state index is 0.168. The molecule has 1 aromatic carbocycles. The number of nitrogens with one attached hydrogen (secondary N) is 1. The van der Waals surface area contributed by atoms with Gasteiger partial charge >= 0.3 is 5.97 Å². The summed E-state index contributed by atoms with van der Waals surface area (Å²) >= 11 is 1.15. The number of carboxylic acids is 1. The molecule has 0 aliphatic heterocycles. The highest BCUT2D eigenvalue weighted by atomic mass is 32.1. The Hall–Kier alpha value is -1.95. The molecule has 2 unspecified atom stereocenters. The lowest BCUT2D eigenvalue weighted by atomic mass is 9.99. The fraction of sp³-hybridized carbons (Fsp3) is 0.333. The van der Waals surface area contributed by atoms with Gasteiger partial charge in [0.05, 0.1) is 4.88 Å². The van der Waals surface area contributed by atoms with E-state index in [9.17, 15) is 19.1 Å². The summed E-state index contributed by atoms with van der Waals surface area (Å²) in [6.07, 6.45) is 0.648.